The minimum Gasteiger partial charge on any atom is -0.496 e. The van der Waals surface area contributed by atoms with Gasteiger partial charge in [-0.25, -0.2) is 9.49 Å². The Kier molecular flexibility index (Phi) is 5.82. The number of fused-ring (bicyclic) bond motifs is 1. The van der Waals surface area contributed by atoms with Crippen LogP contribution in [0.25, 0.3) is 22.2 Å². The van der Waals surface area contributed by atoms with Crippen molar-refractivity contribution in [3.63, 3.8) is 0 Å². The zero-order valence-corrected chi connectivity index (χ0v) is 19.3. The molecule has 0 saturated heterocycles. The molecule has 10 heteroatoms. The van der Waals surface area contributed by atoms with Crippen LogP contribution in [-0.4, -0.2) is 33.0 Å². The third-order valence-corrected chi connectivity index (χ3v) is 5.36. The maximum atomic E-state index is 13.6. The van der Waals surface area contributed by atoms with Crippen LogP contribution < -0.4 is 21.3 Å². The van der Waals surface area contributed by atoms with Gasteiger partial charge in [0.1, 0.15) is 22.8 Å². The predicted molar refractivity (Wildman–Crippen MR) is 127 cm³/mol. The van der Waals surface area contributed by atoms with E-state index in [1.165, 1.54) is 19.2 Å². The van der Waals surface area contributed by atoms with Gasteiger partial charge in [-0.2, -0.15) is 10.2 Å². The van der Waals surface area contributed by atoms with E-state index in [4.69, 9.17) is 10.5 Å². The van der Waals surface area contributed by atoms with Gasteiger partial charge in [-0.05, 0) is 44.5 Å². The number of aromatic nitrogens is 4. The molecule has 0 saturated carbocycles. The Balaban J connectivity index is 1.62. The van der Waals surface area contributed by atoms with Crippen LogP contribution in [-0.2, 0) is 12.1 Å². The summed E-state index contributed by atoms with van der Waals surface area (Å²) in [4.78, 5) is 25.0. The summed E-state index contributed by atoms with van der Waals surface area (Å²) in [7, 11) is 1.42. The lowest BCUT2D eigenvalue weighted by Gasteiger charge is -2.19. The summed E-state index contributed by atoms with van der Waals surface area (Å²) in [5.74, 6) is -0.504. The summed E-state index contributed by atoms with van der Waals surface area (Å²) in [5.41, 5.74) is 7.85. The van der Waals surface area contributed by atoms with Crippen molar-refractivity contribution in [3.8, 4) is 17.0 Å². The number of nitrogens with two attached hydrogens (primary N) is 1. The molecule has 0 radical (unpaired) electrons. The third kappa shape index (κ3) is 4.21. The highest BCUT2D eigenvalue weighted by Crippen LogP contribution is 2.32. The molecule has 0 atom stereocenters. The molecule has 0 aliphatic heterocycles. The summed E-state index contributed by atoms with van der Waals surface area (Å²) in [6, 6.07) is 11.1. The molecule has 2 heterocycles. The van der Waals surface area contributed by atoms with Crippen LogP contribution in [0.5, 0.6) is 5.75 Å². The summed E-state index contributed by atoms with van der Waals surface area (Å²) < 4.78 is 20.4. The molecule has 34 heavy (non-hydrogen) atoms. The van der Waals surface area contributed by atoms with Crippen LogP contribution in [0.15, 0.2) is 47.3 Å². The number of aromatic amines is 1. The van der Waals surface area contributed by atoms with Crippen LogP contribution in [0.4, 0.5) is 10.2 Å². The molecule has 1 amide bonds. The highest BCUT2D eigenvalue weighted by atomic mass is 19.1. The Morgan fingerprint density at radius 2 is 1.91 bits per heavy atom. The molecule has 0 fully saturated rings. The van der Waals surface area contributed by atoms with E-state index in [1.54, 1.807) is 4.68 Å². The molecule has 0 aliphatic rings. The molecule has 2 aromatic heterocycles. The molecule has 0 bridgehead atoms. The van der Waals surface area contributed by atoms with Crippen LogP contribution in [0.3, 0.4) is 0 Å². The van der Waals surface area contributed by atoms with E-state index in [9.17, 15) is 14.0 Å². The van der Waals surface area contributed by atoms with E-state index in [2.05, 4.69) is 20.6 Å². The number of hydrogen-bond acceptors (Lipinski definition) is 6. The Bertz CT molecular complexity index is 1430. The molecule has 4 rings (SSSR count). The number of methoxy groups -OCH3 is 1. The van der Waals surface area contributed by atoms with Gasteiger partial charge in [-0.3, -0.25) is 14.3 Å². The molecule has 2 aromatic carbocycles. The van der Waals surface area contributed by atoms with E-state index in [0.29, 0.717) is 16.6 Å². The van der Waals surface area contributed by atoms with Gasteiger partial charge in [0.2, 0.25) is 0 Å². The summed E-state index contributed by atoms with van der Waals surface area (Å²) in [6.45, 7) is 6.05. The number of anilines is 1. The van der Waals surface area contributed by atoms with Gasteiger partial charge in [-0.15, -0.1) is 0 Å². The van der Waals surface area contributed by atoms with E-state index in [0.717, 1.165) is 17.2 Å². The van der Waals surface area contributed by atoms with Crippen LogP contribution in [0.2, 0.25) is 0 Å². The quantitative estimate of drug-likeness (QED) is 0.416. The highest BCUT2D eigenvalue weighted by molar-refractivity contribution is 6.00. The second-order valence-corrected chi connectivity index (χ2v) is 8.82. The van der Waals surface area contributed by atoms with E-state index < -0.39 is 17.3 Å². The normalized spacial score (nSPS) is 11.6. The molecule has 4 aromatic rings. The Morgan fingerprint density at radius 1 is 1.21 bits per heavy atom. The first kappa shape index (κ1) is 23.0. The standard InChI is InChI=1S/C24H25FN6O3/c1-24(2,3)31-20-18(21(26)28-29-23(20)33)19(30-31)14-7-5-13(6-8-14)12-27-22(32)16-11-15(25)9-10-17(16)34-4/h5-11H,12H2,1-4H3,(H2,26,28)(H,27,32)(H,29,33). The van der Waals surface area contributed by atoms with Crippen LogP contribution in [0, 0.1) is 5.82 Å². The van der Waals surface area contributed by atoms with E-state index >= 15 is 0 Å². The van der Waals surface area contributed by atoms with Crippen molar-refractivity contribution in [1.29, 1.82) is 0 Å². The minimum absolute atomic E-state index is 0.117. The van der Waals surface area contributed by atoms with Crippen molar-refractivity contribution in [2.24, 2.45) is 0 Å². The number of H-pyrrole nitrogens is 1. The first-order chi connectivity index (χ1) is 16.1. The lowest BCUT2D eigenvalue weighted by molar-refractivity contribution is 0.0947. The van der Waals surface area contributed by atoms with Gasteiger partial charge in [0.05, 0.1) is 23.6 Å². The average molecular weight is 465 g/mol. The van der Waals surface area contributed by atoms with Crippen LogP contribution >= 0.6 is 0 Å². The van der Waals surface area contributed by atoms with Gasteiger partial charge in [-0.1, -0.05) is 24.3 Å². The summed E-state index contributed by atoms with van der Waals surface area (Å²) in [6.07, 6.45) is 0. The number of carbonyl (C=O) groups is 1. The molecule has 9 nitrogen and oxygen atoms in total. The van der Waals surface area contributed by atoms with Crippen molar-refractivity contribution in [3.05, 3.63) is 69.8 Å². The minimum atomic E-state index is -0.523. The van der Waals surface area contributed by atoms with Crippen molar-refractivity contribution in [2.45, 2.75) is 32.9 Å². The van der Waals surface area contributed by atoms with Gasteiger partial charge in [0.15, 0.2) is 5.82 Å². The number of nitrogen functional groups attached to an aromatic ring is 1. The molecule has 176 valence electrons. The van der Waals surface area contributed by atoms with E-state index in [-0.39, 0.29) is 29.2 Å². The first-order valence-electron chi connectivity index (χ1n) is 10.6. The Labute approximate surface area is 194 Å². The number of nitrogens with one attached hydrogen (secondary N) is 2. The van der Waals surface area contributed by atoms with Crippen molar-refractivity contribution >= 4 is 22.6 Å². The maximum absolute atomic E-state index is 13.6. The van der Waals surface area contributed by atoms with Gasteiger partial charge < -0.3 is 15.8 Å². The zero-order valence-electron chi connectivity index (χ0n) is 19.3. The SMILES string of the molecule is COc1ccc(F)cc1C(=O)NCc1ccc(-c2nn(C(C)(C)C)c3c(=O)[nH]nc(N)c23)cc1. The Hall–Kier alpha value is -4.21. The molecule has 4 N–H and O–H groups in total. The topological polar surface area (TPSA) is 128 Å². The number of halogens is 1. The largest absolute Gasteiger partial charge is 0.496 e. The van der Waals surface area contributed by atoms with E-state index in [1.807, 2.05) is 45.0 Å². The monoisotopic (exact) mass is 464 g/mol. The summed E-state index contributed by atoms with van der Waals surface area (Å²) in [5, 5.41) is 14.3. The lowest BCUT2D eigenvalue weighted by Crippen LogP contribution is -2.26. The Morgan fingerprint density at radius 3 is 2.56 bits per heavy atom. The van der Waals surface area contributed by atoms with Crippen molar-refractivity contribution in [2.75, 3.05) is 12.8 Å². The number of benzene rings is 2. The molecular formula is C24H25FN6O3. The van der Waals surface area contributed by atoms with Crippen LogP contribution in [0.1, 0.15) is 36.7 Å². The third-order valence-electron chi connectivity index (χ3n) is 5.36. The van der Waals surface area contributed by atoms with Gasteiger partial charge >= 0.3 is 0 Å². The number of amides is 1. The average Bonchev–Trinajstić information content (AvgIpc) is 3.23. The highest BCUT2D eigenvalue weighted by Gasteiger charge is 2.25. The molecule has 0 spiro atoms. The zero-order chi connectivity index (χ0) is 24.6. The fourth-order valence-corrected chi connectivity index (χ4v) is 3.69. The molecule has 0 unspecified atom stereocenters. The van der Waals surface area contributed by atoms with Crippen molar-refractivity contribution < 1.29 is 13.9 Å². The number of ether oxygens (including phenoxy) is 1. The summed E-state index contributed by atoms with van der Waals surface area (Å²) >= 11 is 0. The fourth-order valence-electron chi connectivity index (χ4n) is 3.69. The second-order valence-electron chi connectivity index (χ2n) is 8.82. The van der Waals surface area contributed by atoms with Gasteiger partial charge in [0.25, 0.3) is 11.5 Å². The smallest absolute Gasteiger partial charge is 0.290 e. The first-order valence-corrected chi connectivity index (χ1v) is 10.6. The maximum Gasteiger partial charge on any atom is 0.290 e. The lowest BCUT2D eigenvalue weighted by atomic mass is 10.1. The van der Waals surface area contributed by atoms with Gasteiger partial charge in [0, 0.05) is 12.1 Å². The number of rotatable bonds is 5. The molecular weight excluding hydrogens is 439 g/mol. The predicted octanol–water partition coefficient (Wildman–Crippen LogP) is 3.20. The molecule has 0 aliphatic carbocycles. The number of carbonyl (C=O) groups excluding carboxylic acids is 1. The number of nitrogens with zero attached hydrogens (tertiary/aromatic N) is 3. The van der Waals surface area contributed by atoms with Crippen molar-refractivity contribution in [1.82, 2.24) is 25.3 Å². The fraction of sp³-hybridized carbons (Fsp3) is 0.250. The number of hydrogen-bond donors (Lipinski definition) is 3. The second kappa shape index (κ2) is 8.62.